The maximum atomic E-state index is 12.2. The molecule has 3 aromatic carbocycles. The van der Waals surface area contributed by atoms with Crippen LogP contribution in [0.3, 0.4) is 0 Å². The van der Waals surface area contributed by atoms with Gasteiger partial charge in [-0.25, -0.2) is 4.79 Å². The van der Waals surface area contributed by atoms with Crippen LogP contribution < -0.4 is 5.32 Å². The highest BCUT2D eigenvalue weighted by Crippen LogP contribution is 2.17. The summed E-state index contributed by atoms with van der Waals surface area (Å²) >= 11 is 0. The van der Waals surface area contributed by atoms with Crippen LogP contribution in [0.15, 0.2) is 66.7 Å². The molecular weight excluding hydrogens is 326 g/mol. The maximum absolute atomic E-state index is 12.2. The average molecular weight is 347 g/mol. The minimum atomic E-state index is -1.03. The van der Waals surface area contributed by atoms with E-state index >= 15 is 0 Å². The Labute approximate surface area is 152 Å². The number of benzene rings is 3. The van der Waals surface area contributed by atoms with Crippen LogP contribution in [0.5, 0.6) is 0 Å². The van der Waals surface area contributed by atoms with Gasteiger partial charge in [0.15, 0.2) is 0 Å². The molecule has 1 atom stereocenters. The summed E-state index contributed by atoms with van der Waals surface area (Å²) < 4.78 is 0. The van der Waals surface area contributed by atoms with Crippen molar-refractivity contribution in [2.24, 2.45) is 0 Å². The highest BCUT2D eigenvalue weighted by molar-refractivity contribution is 5.86. The first-order valence-electron chi connectivity index (χ1n) is 8.56. The smallest absolute Gasteiger partial charge is 0.326 e. The van der Waals surface area contributed by atoms with Crippen LogP contribution in [0, 0.1) is 6.92 Å². The van der Waals surface area contributed by atoms with Gasteiger partial charge in [-0.2, -0.15) is 0 Å². The number of carbonyl (C=O) groups excluding carboxylic acids is 1. The van der Waals surface area contributed by atoms with Gasteiger partial charge >= 0.3 is 5.97 Å². The molecule has 0 radical (unpaired) electrons. The summed E-state index contributed by atoms with van der Waals surface area (Å²) in [6.45, 7) is 1.98. The van der Waals surface area contributed by atoms with Crippen molar-refractivity contribution in [2.75, 3.05) is 0 Å². The molecule has 3 aromatic rings. The van der Waals surface area contributed by atoms with Gasteiger partial charge in [-0.1, -0.05) is 72.3 Å². The lowest BCUT2D eigenvalue weighted by molar-refractivity contribution is -0.141. The standard InChI is InChI=1S/C22H21NO3/c1-15-6-8-16(9-7-15)14-21(24)23-20(22(25)26)13-17-10-11-18-4-2-3-5-19(18)12-17/h2-12,20H,13-14H2,1H3,(H,23,24)(H,25,26)/t20-/m1/s1. The van der Waals surface area contributed by atoms with Gasteiger partial charge in [0.05, 0.1) is 6.42 Å². The molecule has 0 aliphatic heterocycles. The summed E-state index contributed by atoms with van der Waals surface area (Å²) in [5, 5.41) is 14.3. The van der Waals surface area contributed by atoms with Gasteiger partial charge < -0.3 is 10.4 Å². The second-order valence-electron chi connectivity index (χ2n) is 6.51. The largest absolute Gasteiger partial charge is 0.480 e. The number of aryl methyl sites for hydroxylation is 1. The van der Waals surface area contributed by atoms with Crippen LogP contribution >= 0.6 is 0 Å². The van der Waals surface area contributed by atoms with Gasteiger partial charge in [0.1, 0.15) is 6.04 Å². The molecule has 26 heavy (non-hydrogen) atoms. The Balaban J connectivity index is 1.68. The summed E-state index contributed by atoms with van der Waals surface area (Å²) in [5.74, 6) is -1.32. The molecule has 0 aliphatic rings. The van der Waals surface area contributed by atoms with Crippen molar-refractivity contribution in [1.29, 1.82) is 0 Å². The van der Waals surface area contributed by atoms with Crippen molar-refractivity contribution in [3.63, 3.8) is 0 Å². The van der Waals surface area contributed by atoms with Crippen LogP contribution in [-0.2, 0) is 22.4 Å². The van der Waals surface area contributed by atoms with Crippen molar-refractivity contribution in [1.82, 2.24) is 5.32 Å². The highest BCUT2D eigenvalue weighted by atomic mass is 16.4. The van der Waals surface area contributed by atoms with E-state index in [4.69, 9.17) is 0 Å². The molecule has 0 heterocycles. The second-order valence-corrected chi connectivity index (χ2v) is 6.51. The fourth-order valence-corrected chi connectivity index (χ4v) is 2.94. The van der Waals surface area contributed by atoms with E-state index in [1.807, 2.05) is 73.7 Å². The molecule has 0 fully saturated rings. The lowest BCUT2D eigenvalue weighted by Gasteiger charge is -2.15. The molecule has 0 aromatic heterocycles. The number of nitrogens with one attached hydrogen (secondary N) is 1. The summed E-state index contributed by atoms with van der Waals surface area (Å²) in [4.78, 5) is 23.8. The minimum absolute atomic E-state index is 0.168. The summed E-state index contributed by atoms with van der Waals surface area (Å²) in [6.07, 6.45) is 0.418. The number of carboxylic acids is 1. The third-order valence-electron chi connectivity index (χ3n) is 4.37. The third-order valence-corrected chi connectivity index (χ3v) is 4.37. The van der Waals surface area contributed by atoms with E-state index in [0.717, 1.165) is 27.5 Å². The topological polar surface area (TPSA) is 66.4 Å². The van der Waals surface area contributed by atoms with Crippen LogP contribution in [0.4, 0.5) is 0 Å². The molecule has 0 aliphatic carbocycles. The zero-order chi connectivity index (χ0) is 18.5. The van der Waals surface area contributed by atoms with E-state index in [9.17, 15) is 14.7 Å². The van der Waals surface area contributed by atoms with Crippen molar-refractivity contribution in [2.45, 2.75) is 25.8 Å². The van der Waals surface area contributed by atoms with Crippen LogP contribution in [-0.4, -0.2) is 23.0 Å². The average Bonchev–Trinajstić information content (AvgIpc) is 2.63. The van der Waals surface area contributed by atoms with E-state index in [2.05, 4.69) is 5.32 Å². The second kappa shape index (κ2) is 7.83. The number of rotatable bonds is 6. The SMILES string of the molecule is Cc1ccc(CC(=O)N[C@H](Cc2ccc3ccccc3c2)C(=O)O)cc1. The summed E-state index contributed by atoms with van der Waals surface area (Å²) in [6, 6.07) is 20.5. The number of carbonyl (C=O) groups is 2. The molecule has 1 amide bonds. The van der Waals surface area contributed by atoms with E-state index in [1.54, 1.807) is 0 Å². The van der Waals surface area contributed by atoms with Crippen LogP contribution in [0.1, 0.15) is 16.7 Å². The fourth-order valence-electron chi connectivity index (χ4n) is 2.94. The van der Waals surface area contributed by atoms with Gasteiger partial charge in [-0.15, -0.1) is 0 Å². The zero-order valence-electron chi connectivity index (χ0n) is 14.6. The molecular formula is C22H21NO3. The lowest BCUT2D eigenvalue weighted by Crippen LogP contribution is -2.43. The van der Waals surface area contributed by atoms with Gasteiger partial charge in [0, 0.05) is 6.42 Å². The Morgan fingerprint density at radius 1 is 0.923 bits per heavy atom. The first kappa shape index (κ1) is 17.7. The van der Waals surface area contributed by atoms with E-state index in [-0.39, 0.29) is 18.7 Å². The molecule has 2 N–H and O–H groups in total. The number of fused-ring (bicyclic) bond motifs is 1. The van der Waals surface area contributed by atoms with Gasteiger partial charge in [-0.05, 0) is 28.8 Å². The lowest BCUT2D eigenvalue weighted by atomic mass is 10.0. The zero-order valence-corrected chi connectivity index (χ0v) is 14.6. The van der Waals surface area contributed by atoms with Crippen molar-refractivity contribution < 1.29 is 14.7 Å². The van der Waals surface area contributed by atoms with E-state index < -0.39 is 12.0 Å². The normalized spacial score (nSPS) is 11.9. The van der Waals surface area contributed by atoms with Gasteiger partial charge in [0.2, 0.25) is 5.91 Å². The predicted octanol–water partition coefficient (Wildman–Crippen LogP) is 3.50. The van der Waals surface area contributed by atoms with Gasteiger partial charge in [0.25, 0.3) is 0 Å². The monoisotopic (exact) mass is 347 g/mol. The van der Waals surface area contributed by atoms with E-state index in [0.29, 0.717) is 0 Å². The highest BCUT2D eigenvalue weighted by Gasteiger charge is 2.20. The van der Waals surface area contributed by atoms with Crippen molar-refractivity contribution in [3.8, 4) is 0 Å². The maximum Gasteiger partial charge on any atom is 0.326 e. The molecule has 0 spiro atoms. The van der Waals surface area contributed by atoms with Crippen LogP contribution in [0.2, 0.25) is 0 Å². The molecule has 0 saturated carbocycles. The minimum Gasteiger partial charge on any atom is -0.480 e. The third kappa shape index (κ3) is 4.48. The Hall–Kier alpha value is -3.14. The molecule has 4 heteroatoms. The first-order chi connectivity index (χ1) is 12.5. The first-order valence-corrected chi connectivity index (χ1v) is 8.56. The quantitative estimate of drug-likeness (QED) is 0.717. The van der Waals surface area contributed by atoms with E-state index in [1.165, 1.54) is 0 Å². The molecule has 0 unspecified atom stereocenters. The number of carboxylic acid groups (broad SMARTS) is 1. The van der Waals surface area contributed by atoms with Gasteiger partial charge in [-0.3, -0.25) is 4.79 Å². The van der Waals surface area contributed by atoms with Crippen molar-refractivity contribution in [3.05, 3.63) is 83.4 Å². The summed E-state index contributed by atoms with van der Waals surface area (Å²) in [7, 11) is 0. The molecule has 0 bridgehead atoms. The molecule has 0 saturated heterocycles. The fraction of sp³-hybridized carbons (Fsp3) is 0.182. The van der Waals surface area contributed by atoms with Crippen molar-refractivity contribution >= 4 is 22.6 Å². The number of hydrogen-bond donors (Lipinski definition) is 2. The number of amides is 1. The van der Waals surface area contributed by atoms with Crippen LogP contribution in [0.25, 0.3) is 10.8 Å². The Morgan fingerprint density at radius 2 is 1.58 bits per heavy atom. The number of hydrogen-bond acceptors (Lipinski definition) is 2. The Morgan fingerprint density at radius 3 is 2.27 bits per heavy atom. The molecule has 4 nitrogen and oxygen atoms in total. The molecule has 3 rings (SSSR count). The predicted molar refractivity (Wildman–Crippen MR) is 102 cm³/mol. The molecule has 132 valence electrons. The Kier molecular flexibility index (Phi) is 5.32. The Bertz CT molecular complexity index is 932. The number of aliphatic carboxylic acids is 1. The summed E-state index contributed by atoms with van der Waals surface area (Å²) in [5.41, 5.74) is 2.86.